The first-order valence-corrected chi connectivity index (χ1v) is 16.8. The van der Waals surface area contributed by atoms with Crippen LogP contribution in [0.25, 0.3) is 0 Å². The highest BCUT2D eigenvalue weighted by Gasteiger charge is 2.25. The van der Waals surface area contributed by atoms with Crippen LogP contribution in [0.2, 0.25) is 0 Å². The number of sulfonamides is 2. The van der Waals surface area contributed by atoms with E-state index in [0.29, 0.717) is 37.7 Å². The molecule has 0 aromatic heterocycles. The lowest BCUT2D eigenvalue weighted by Crippen LogP contribution is -2.37. The fourth-order valence-corrected chi connectivity index (χ4v) is 7.27. The molecule has 236 valence electrons. The number of hydrogen-bond donors (Lipinski definition) is 3. The van der Waals surface area contributed by atoms with Gasteiger partial charge in [0.25, 0.3) is 26.0 Å². The minimum atomic E-state index is -4.19. The van der Waals surface area contributed by atoms with Crippen LogP contribution in [0.5, 0.6) is 5.75 Å². The van der Waals surface area contributed by atoms with E-state index in [-0.39, 0.29) is 38.0 Å². The van der Waals surface area contributed by atoms with E-state index in [9.17, 15) is 26.0 Å². The number of amides is 1. The highest BCUT2D eigenvalue weighted by molar-refractivity contribution is 7.93. The molecule has 0 radical (unpaired) electrons. The topological polar surface area (TPSA) is 143 Å². The third-order valence-corrected chi connectivity index (χ3v) is 9.96. The molecular weight excluding hydrogens is 623 g/mol. The van der Waals surface area contributed by atoms with Crippen LogP contribution in [0.15, 0.2) is 94.7 Å². The lowest BCUT2D eigenvalue weighted by atomic mass is 10.1. The number of morpholine rings is 1. The lowest BCUT2D eigenvalue weighted by molar-refractivity contribution is 0.102. The first-order valence-electron chi connectivity index (χ1n) is 13.8. The van der Waals surface area contributed by atoms with Gasteiger partial charge in [-0.2, -0.15) is 0 Å². The van der Waals surface area contributed by atoms with Crippen LogP contribution in [0.1, 0.15) is 15.9 Å². The molecule has 4 aromatic rings. The van der Waals surface area contributed by atoms with Gasteiger partial charge >= 0.3 is 0 Å². The van der Waals surface area contributed by atoms with Gasteiger partial charge in [-0.1, -0.05) is 24.3 Å². The van der Waals surface area contributed by atoms with Gasteiger partial charge in [0.05, 0.1) is 58.4 Å². The van der Waals surface area contributed by atoms with E-state index >= 15 is 0 Å². The van der Waals surface area contributed by atoms with Gasteiger partial charge in [0.1, 0.15) is 11.6 Å². The van der Waals surface area contributed by atoms with Crippen molar-refractivity contribution in [2.24, 2.45) is 0 Å². The summed E-state index contributed by atoms with van der Waals surface area (Å²) in [4.78, 5) is 15.4. The minimum absolute atomic E-state index is 0.0193. The molecule has 3 N–H and O–H groups in total. The molecule has 1 aliphatic heterocycles. The van der Waals surface area contributed by atoms with Crippen molar-refractivity contribution in [1.82, 2.24) is 0 Å². The molecule has 1 saturated heterocycles. The van der Waals surface area contributed by atoms with Crippen molar-refractivity contribution in [3.8, 4) is 5.75 Å². The molecule has 1 fully saturated rings. The number of rotatable bonds is 10. The van der Waals surface area contributed by atoms with E-state index in [0.717, 1.165) is 18.2 Å². The number of nitrogens with zero attached hydrogens (tertiary/aromatic N) is 1. The number of carbonyl (C=O) groups is 1. The second-order valence-electron chi connectivity index (χ2n) is 10.1. The summed E-state index contributed by atoms with van der Waals surface area (Å²) in [6, 6.07) is 20.2. The predicted octanol–water partition coefficient (Wildman–Crippen LogP) is 4.83. The molecule has 0 atom stereocenters. The average Bonchev–Trinajstić information content (AvgIpc) is 3.01. The largest absolute Gasteiger partial charge is 0.495 e. The van der Waals surface area contributed by atoms with Crippen molar-refractivity contribution in [2.45, 2.75) is 16.7 Å². The normalized spacial score (nSPS) is 13.6. The van der Waals surface area contributed by atoms with Crippen molar-refractivity contribution in [3.05, 3.63) is 102 Å². The molecule has 11 nitrogen and oxygen atoms in total. The van der Waals surface area contributed by atoms with E-state index in [1.54, 1.807) is 42.5 Å². The fourth-order valence-electron chi connectivity index (χ4n) is 4.87. The minimum Gasteiger partial charge on any atom is -0.495 e. The maximum Gasteiger partial charge on any atom is 0.262 e. The van der Waals surface area contributed by atoms with Crippen molar-refractivity contribution in [2.75, 3.05) is 53.1 Å². The zero-order valence-corrected chi connectivity index (χ0v) is 26.0. The third kappa shape index (κ3) is 7.19. The van der Waals surface area contributed by atoms with Gasteiger partial charge in [-0.15, -0.1) is 0 Å². The number of aryl methyl sites for hydroxylation is 1. The van der Waals surface area contributed by atoms with Crippen molar-refractivity contribution in [3.63, 3.8) is 0 Å². The van der Waals surface area contributed by atoms with Crippen LogP contribution < -0.4 is 24.4 Å². The number of benzene rings is 4. The van der Waals surface area contributed by atoms with Gasteiger partial charge in [-0.3, -0.25) is 14.2 Å². The number of halogens is 1. The Morgan fingerprint density at radius 2 is 1.49 bits per heavy atom. The van der Waals surface area contributed by atoms with Crippen LogP contribution in [0, 0.1) is 12.7 Å². The Morgan fingerprint density at radius 1 is 0.822 bits per heavy atom. The summed E-state index contributed by atoms with van der Waals surface area (Å²) in [6.07, 6.45) is 0. The summed E-state index contributed by atoms with van der Waals surface area (Å²) in [5.41, 5.74) is 1.14. The fraction of sp³-hybridized carbons (Fsp3) is 0.194. The Kier molecular flexibility index (Phi) is 9.27. The number of methoxy groups -OCH3 is 1. The summed E-state index contributed by atoms with van der Waals surface area (Å²) in [6.45, 7) is 3.35. The molecule has 0 aliphatic carbocycles. The summed E-state index contributed by atoms with van der Waals surface area (Å²) in [7, 11) is -6.90. The summed E-state index contributed by atoms with van der Waals surface area (Å²) in [5, 5.41) is 2.79. The zero-order valence-electron chi connectivity index (χ0n) is 24.4. The molecule has 5 rings (SSSR count). The second kappa shape index (κ2) is 13.1. The smallest absolute Gasteiger partial charge is 0.262 e. The number of nitrogens with one attached hydrogen (secondary N) is 3. The number of para-hydroxylation sites is 3. The summed E-state index contributed by atoms with van der Waals surface area (Å²) < 4.78 is 82.6. The maximum atomic E-state index is 13.7. The molecule has 4 aromatic carbocycles. The van der Waals surface area contributed by atoms with E-state index in [4.69, 9.17) is 9.47 Å². The summed E-state index contributed by atoms with van der Waals surface area (Å²) in [5.74, 6) is -0.940. The van der Waals surface area contributed by atoms with Crippen molar-refractivity contribution < 1.29 is 35.5 Å². The van der Waals surface area contributed by atoms with Gasteiger partial charge in [-0.05, 0) is 73.2 Å². The number of hydrogen-bond acceptors (Lipinski definition) is 8. The quantitative estimate of drug-likeness (QED) is 0.221. The molecule has 1 aliphatic rings. The number of carbonyl (C=O) groups excluding carboxylic acids is 1. The number of ether oxygens (including phenoxy) is 2. The maximum absolute atomic E-state index is 13.7. The molecule has 0 bridgehead atoms. The average molecular weight is 655 g/mol. The van der Waals surface area contributed by atoms with Gasteiger partial charge in [0.2, 0.25) is 0 Å². The molecule has 0 unspecified atom stereocenters. The Morgan fingerprint density at radius 3 is 2.20 bits per heavy atom. The van der Waals surface area contributed by atoms with E-state index in [1.165, 1.54) is 38.3 Å². The molecule has 1 amide bonds. The van der Waals surface area contributed by atoms with Crippen molar-refractivity contribution >= 4 is 48.7 Å². The first-order chi connectivity index (χ1) is 21.5. The highest BCUT2D eigenvalue weighted by Crippen LogP contribution is 2.33. The van der Waals surface area contributed by atoms with E-state index < -0.39 is 31.8 Å². The molecule has 1 heterocycles. The first kappa shape index (κ1) is 31.8. The van der Waals surface area contributed by atoms with Crippen LogP contribution in [0.3, 0.4) is 0 Å². The Balaban J connectivity index is 1.49. The van der Waals surface area contributed by atoms with E-state index in [1.807, 2.05) is 4.90 Å². The van der Waals surface area contributed by atoms with Gasteiger partial charge in [0.15, 0.2) is 0 Å². The standard InChI is InChI=1S/C31H31FN4O7S2/c1-21-19-22(32)11-14-30(21)45(40,41)34-25-8-4-3-7-24(25)31(37)33-27-20-23(12-13-28(27)36-15-17-43-18-16-36)44(38,39)35-26-9-5-6-10-29(26)42-2/h3-14,19-20,34-35H,15-18H2,1-2H3,(H,33,37). The number of anilines is 4. The Labute approximate surface area is 261 Å². The van der Waals surface area contributed by atoms with Crippen molar-refractivity contribution in [1.29, 1.82) is 0 Å². The Bertz CT molecular complexity index is 1950. The molecule has 0 spiro atoms. The molecule has 0 saturated carbocycles. The molecule has 14 heteroatoms. The van der Waals surface area contributed by atoms with Crippen LogP contribution in [0.4, 0.5) is 27.1 Å². The molecule has 45 heavy (non-hydrogen) atoms. The van der Waals surface area contributed by atoms with E-state index in [2.05, 4.69) is 14.8 Å². The second-order valence-corrected chi connectivity index (χ2v) is 13.4. The van der Waals surface area contributed by atoms with Gasteiger partial charge in [0, 0.05) is 13.1 Å². The van der Waals surface area contributed by atoms with Gasteiger partial charge in [-0.25, -0.2) is 21.2 Å². The third-order valence-electron chi connectivity index (χ3n) is 7.07. The summed E-state index contributed by atoms with van der Waals surface area (Å²) >= 11 is 0. The van der Waals surface area contributed by atoms with Crippen LogP contribution in [-0.2, 0) is 24.8 Å². The molecular formula is C31H31FN4O7S2. The Hall–Kier alpha value is -4.66. The van der Waals surface area contributed by atoms with Crippen LogP contribution >= 0.6 is 0 Å². The van der Waals surface area contributed by atoms with Gasteiger partial charge < -0.3 is 19.7 Å². The SMILES string of the molecule is COc1ccccc1NS(=O)(=O)c1ccc(N2CCOCC2)c(NC(=O)c2ccccc2NS(=O)(=O)c2ccc(F)cc2C)c1. The predicted molar refractivity (Wildman–Crippen MR) is 170 cm³/mol. The lowest BCUT2D eigenvalue weighted by Gasteiger charge is -2.31. The van der Waals surface area contributed by atoms with Crippen LogP contribution in [-0.4, -0.2) is 56.2 Å². The zero-order chi connectivity index (χ0) is 32.2. The highest BCUT2D eigenvalue weighted by atomic mass is 32.2. The monoisotopic (exact) mass is 654 g/mol.